The van der Waals surface area contributed by atoms with Crippen LogP contribution in [-0.2, 0) is 19.1 Å². The number of carbonyl (C=O) groups excluding carboxylic acids is 2. The Morgan fingerprint density at radius 3 is 1.68 bits per heavy atom. The lowest BCUT2D eigenvalue weighted by Crippen LogP contribution is -2.38. The molecule has 4 N–H and O–H groups in total. The van der Waals surface area contributed by atoms with E-state index < -0.39 is 12.1 Å². The highest BCUT2D eigenvalue weighted by atomic mass is 16.5. The smallest absolute Gasteiger partial charge is 0.248 e. The third kappa shape index (κ3) is 9.49. The summed E-state index contributed by atoms with van der Waals surface area (Å²) in [4.78, 5) is 32.2. The largest absolute Gasteiger partial charge is 0.507 e. The molecule has 2 aliphatic rings. The Hall–Kier alpha value is -4.12. The number of methoxy groups -OCH3 is 1. The van der Waals surface area contributed by atoms with Gasteiger partial charge in [0, 0.05) is 19.7 Å². The number of hydrogen-bond acceptors (Lipinski definition) is 9. The minimum absolute atomic E-state index is 0. The van der Waals surface area contributed by atoms with Crippen molar-refractivity contribution in [2.75, 3.05) is 26.8 Å². The van der Waals surface area contributed by atoms with E-state index in [1.54, 1.807) is 45.2 Å². The predicted molar refractivity (Wildman–Crippen MR) is 160 cm³/mol. The molecule has 11 heteroatoms. The molecule has 4 rings (SSSR count). The zero-order chi connectivity index (χ0) is 29.7. The molecule has 11 nitrogen and oxygen atoms in total. The molecule has 4 atom stereocenters. The second kappa shape index (κ2) is 17.5. The van der Waals surface area contributed by atoms with Crippen LogP contribution in [0.15, 0.2) is 58.5 Å². The Bertz CT molecular complexity index is 1180. The molecule has 0 aliphatic carbocycles. The number of aliphatic imine (C=N–C) groups is 2. The van der Waals surface area contributed by atoms with Gasteiger partial charge in [0.15, 0.2) is 12.1 Å². The summed E-state index contributed by atoms with van der Waals surface area (Å²) in [5, 5.41) is 22.8. The monoisotopic (exact) mass is 572 g/mol. The van der Waals surface area contributed by atoms with Crippen molar-refractivity contribution in [1.29, 1.82) is 0 Å². The van der Waals surface area contributed by atoms with E-state index in [0.29, 0.717) is 36.2 Å². The highest BCUT2D eigenvalue weighted by Gasteiger charge is 2.35. The molecule has 2 heterocycles. The number of rotatable bonds is 7. The van der Waals surface area contributed by atoms with Crippen LogP contribution in [0.4, 0.5) is 0 Å². The van der Waals surface area contributed by atoms with E-state index in [1.165, 1.54) is 0 Å². The van der Waals surface area contributed by atoms with E-state index in [1.807, 2.05) is 45.0 Å². The Morgan fingerprint density at radius 2 is 1.24 bits per heavy atom. The van der Waals surface area contributed by atoms with Gasteiger partial charge < -0.3 is 35.1 Å². The zero-order valence-electron chi connectivity index (χ0n) is 23.9. The van der Waals surface area contributed by atoms with Gasteiger partial charge in [-0.15, -0.1) is 0 Å². The Morgan fingerprint density at radius 1 is 0.829 bits per heavy atom. The Labute approximate surface area is 242 Å². The molecule has 2 amide bonds. The summed E-state index contributed by atoms with van der Waals surface area (Å²) in [6.07, 6.45) is -0.599. The first-order valence-corrected chi connectivity index (χ1v) is 13.3. The number of phenols is 1. The molecule has 2 aromatic carbocycles. The zero-order valence-corrected chi connectivity index (χ0v) is 23.9. The number of aliphatic hydroxyl groups excluding tert-OH is 1. The molecule has 0 unspecified atom stereocenters. The lowest BCUT2D eigenvalue weighted by atomic mass is 10.2. The second-order valence-electron chi connectivity index (χ2n) is 8.73. The molecule has 0 radical (unpaired) electrons. The van der Waals surface area contributed by atoms with Gasteiger partial charge in [-0.3, -0.25) is 9.59 Å². The first-order valence-electron chi connectivity index (χ1n) is 13.3. The number of benzene rings is 2. The average Bonchev–Trinajstić information content (AvgIpc) is 3.52. The fourth-order valence-electron chi connectivity index (χ4n) is 3.85. The topological polar surface area (TPSA) is 151 Å². The van der Waals surface area contributed by atoms with Gasteiger partial charge in [-0.2, -0.15) is 0 Å². The summed E-state index contributed by atoms with van der Waals surface area (Å²) in [5.74, 6) is 1.29. The van der Waals surface area contributed by atoms with E-state index in [-0.39, 0.29) is 43.8 Å². The minimum atomic E-state index is -0.556. The number of hydrogen-bond donors (Lipinski definition) is 4. The van der Waals surface area contributed by atoms with E-state index in [0.717, 1.165) is 5.56 Å². The molecule has 226 valence electrons. The lowest BCUT2D eigenvalue weighted by Gasteiger charge is -2.12. The maximum atomic E-state index is 11.9. The number of para-hydroxylation sites is 2. The minimum Gasteiger partial charge on any atom is -0.507 e. The quantitative estimate of drug-likeness (QED) is 0.398. The Kier molecular flexibility index (Phi) is 14.9. The van der Waals surface area contributed by atoms with Gasteiger partial charge in [-0.25, -0.2) is 9.98 Å². The molecule has 0 aromatic heterocycles. The fourth-order valence-corrected chi connectivity index (χ4v) is 3.85. The van der Waals surface area contributed by atoms with Crippen molar-refractivity contribution in [3.05, 3.63) is 59.7 Å². The fraction of sp³-hybridized carbons (Fsp3) is 0.467. The molecule has 2 aromatic rings. The summed E-state index contributed by atoms with van der Waals surface area (Å²) in [6.45, 7) is 10.4. The lowest BCUT2D eigenvalue weighted by molar-refractivity contribution is -0.124. The van der Waals surface area contributed by atoms with Crippen molar-refractivity contribution >= 4 is 23.6 Å². The highest BCUT2D eigenvalue weighted by molar-refractivity contribution is 6.01. The van der Waals surface area contributed by atoms with Crippen LogP contribution in [0.3, 0.4) is 0 Å². The summed E-state index contributed by atoms with van der Waals surface area (Å²) < 4.78 is 16.5. The first-order chi connectivity index (χ1) is 19.2. The number of aromatic hydroxyl groups is 1. The first kappa shape index (κ1) is 34.9. The van der Waals surface area contributed by atoms with Gasteiger partial charge in [0.25, 0.3) is 0 Å². The molecular weight excluding hydrogens is 528 g/mol. The van der Waals surface area contributed by atoms with Crippen LogP contribution in [0.1, 0.15) is 53.2 Å². The molecule has 0 spiro atoms. The van der Waals surface area contributed by atoms with Crippen LogP contribution in [-0.4, -0.2) is 84.9 Å². The maximum Gasteiger partial charge on any atom is 0.248 e. The van der Waals surface area contributed by atoms with Gasteiger partial charge in [-0.1, -0.05) is 31.7 Å². The van der Waals surface area contributed by atoms with Crippen molar-refractivity contribution in [3.63, 3.8) is 0 Å². The summed E-state index contributed by atoms with van der Waals surface area (Å²) in [7, 11) is 1.60. The van der Waals surface area contributed by atoms with Gasteiger partial charge in [0.05, 0.1) is 18.2 Å². The standard InChI is InChI=1S/C14H18N2O3.C13H16N2O3.C2H6O.CH4/c1-4-15-13(17)12-9(2)19-14(16-12)10-7-5-6-8-11(10)18-3;1-3-14-12(17)11-8(2)18-13(15-11)9-6-4-5-7-10(9)16;1-2-3;/h5-9,12H,4H2,1-3H3,(H,15,17);4-8,11,16H,3H2,1-2H3,(H,14,17);3H,2H2,1H3;1H4/t9-,12+;8-,11+;;/m00../s1. The number of aliphatic hydroxyl groups is 1. The highest BCUT2D eigenvalue weighted by Crippen LogP contribution is 2.25. The van der Waals surface area contributed by atoms with Crippen molar-refractivity contribution in [1.82, 2.24) is 10.6 Å². The van der Waals surface area contributed by atoms with Crippen molar-refractivity contribution in [2.24, 2.45) is 9.98 Å². The van der Waals surface area contributed by atoms with E-state index in [2.05, 4.69) is 20.6 Å². The van der Waals surface area contributed by atoms with Crippen molar-refractivity contribution in [2.45, 2.75) is 66.3 Å². The van der Waals surface area contributed by atoms with E-state index >= 15 is 0 Å². The van der Waals surface area contributed by atoms with E-state index in [9.17, 15) is 14.7 Å². The number of nitrogens with one attached hydrogen (secondary N) is 2. The van der Waals surface area contributed by atoms with Crippen LogP contribution in [0, 0.1) is 0 Å². The molecule has 41 heavy (non-hydrogen) atoms. The molecule has 0 fully saturated rings. The van der Waals surface area contributed by atoms with Crippen LogP contribution in [0.25, 0.3) is 0 Å². The van der Waals surface area contributed by atoms with E-state index in [4.69, 9.17) is 19.3 Å². The molecule has 0 saturated heterocycles. The summed E-state index contributed by atoms with van der Waals surface area (Å²) >= 11 is 0. The van der Waals surface area contributed by atoms with Crippen LogP contribution >= 0.6 is 0 Å². The Balaban J connectivity index is 0.000000367. The summed E-state index contributed by atoms with van der Waals surface area (Å²) in [6, 6.07) is 13.2. The number of likely N-dealkylation sites (N-methyl/N-ethyl adjacent to an activating group) is 2. The number of carbonyl (C=O) groups is 2. The van der Waals surface area contributed by atoms with Gasteiger partial charge in [0.2, 0.25) is 23.6 Å². The predicted octanol–water partition coefficient (Wildman–Crippen LogP) is 3.06. The average molecular weight is 573 g/mol. The second-order valence-corrected chi connectivity index (χ2v) is 8.73. The van der Waals surface area contributed by atoms with Gasteiger partial charge in [-0.05, 0) is 58.9 Å². The summed E-state index contributed by atoms with van der Waals surface area (Å²) in [5.41, 5.74) is 1.28. The number of ether oxygens (including phenoxy) is 3. The SMILES string of the molecule is C.CCNC(=O)[C@@H]1N=C(c2ccccc2O)O[C@H]1C.CCNC(=O)[C@@H]1N=C(c2ccccc2OC)O[C@H]1C.CCO. The number of nitrogens with zero attached hydrogens (tertiary/aromatic N) is 2. The third-order valence-electron chi connectivity index (χ3n) is 5.71. The van der Waals surface area contributed by atoms with Crippen molar-refractivity contribution in [3.8, 4) is 11.5 Å². The van der Waals surface area contributed by atoms with Gasteiger partial charge >= 0.3 is 0 Å². The molecule has 2 aliphatic heterocycles. The molecular formula is C30H44N4O7. The van der Waals surface area contributed by atoms with Crippen LogP contribution in [0.2, 0.25) is 0 Å². The molecule has 0 saturated carbocycles. The van der Waals surface area contributed by atoms with Crippen LogP contribution < -0.4 is 15.4 Å². The van der Waals surface area contributed by atoms with Gasteiger partial charge in [0.1, 0.15) is 23.7 Å². The normalized spacial score (nSPS) is 20.2. The van der Waals surface area contributed by atoms with Crippen molar-refractivity contribution < 1.29 is 34.0 Å². The third-order valence-corrected chi connectivity index (χ3v) is 5.71. The molecule has 0 bridgehead atoms. The maximum absolute atomic E-state index is 11.9. The number of phenolic OH excluding ortho intramolecular Hbond substituents is 1. The number of amides is 2. The van der Waals surface area contributed by atoms with Crippen LogP contribution in [0.5, 0.6) is 11.5 Å².